The Balaban J connectivity index is 1.59. The van der Waals surface area contributed by atoms with Gasteiger partial charge >= 0.3 is 0 Å². The number of hydrogen-bond acceptors (Lipinski definition) is 2. The van der Waals surface area contributed by atoms with Gasteiger partial charge in [-0.3, -0.25) is 0 Å². The van der Waals surface area contributed by atoms with Crippen LogP contribution in [0.5, 0.6) is 0 Å². The Morgan fingerprint density at radius 1 is 0.786 bits per heavy atom. The van der Waals surface area contributed by atoms with E-state index in [-0.39, 0.29) is 0 Å². The van der Waals surface area contributed by atoms with Crippen LogP contribution in [0.3, 0.4) is 0 Å². The highest BCUT2D eigenvalue weighted by molar-refractivity contribution is 4.92. The summed E-state index contributed by atoms with van der Waals surface area (Å²) in [4.78, 5) is 0. The maximum Gasteiger partial charge on any atom is 0.0468 e. The van der Waals surface area contributed by atoms with Crippen LogP contribution < -0.4 is 5.32 Å². The highest BCUT2D eigenvalue weighted by Gasteiger charge is 2.40. The molecule has 2 nitrogen and oxygen atoms in total. The SMILES string of the molecule is C1CC(C2CC3CNCC3C2)CCO1. The number of ether oxygens (including phenoxy) is 1. The molecule has 2 aliphatic heterocycles. The van der Waals surface area contributed by atoms with Crippen molar-refractivity contribution in [3.63, 3.8) is 0 Å². The molecule has 2 saturated heterocycles. The maximum absolute atomic E-state index is 5.44. The van der Waals surface area contributed by atoms with Gasteiger partial charge in [-0.1, -0.05) is 0 Å². The molecule has 3 fully saturated rings. The molecule has 3 rings (SSSR count). The van der Waals surface area contributed by atoms with E-state index in [1.54, 1.807) is 0 Å². The van der Waals surface area contributed by atoms with Crippen molar-refractivity contribution in [1.82, 2.24) is 5.32 Å². The minimum atomic E-state index is 0.995. The van der Waals surface area contributed by atoms with Gasteiger partial charge in [0.15, 0.2) is 0 Å². The average molecular weight is 195 g/mol. The molecule has 14 heavy (non-hydrogen) atoms. The van der Waals surface area contributed by atoms with Crippen LogP contribution in [0.25, 0.3) is 0 Å². The lowest BCUT2D eigenvalue weighted by molar-refractivity contribution is 0.0463. The molecule has 2 unspecified atom stereocenters. The molecule has 0 bridgehead atoms. The maximum atomic E-state index is 5.44. The Bertz CT molecular complexity index is 188. The molecule has 2 atom stereocenters. The fourth-order valence-corrected chi connectivity index (χ4v) is 3.79. The number of nitrogens with one attached hydrogen (secondary N) is 1. The summed E-state index contributed by atoms with van der Waals surface area (Å²) < 4.78 is 5.44. The summed E-state index contributed by atoms with van der Waals surface area (Å²) in [6.07, 6.45) is 5.67. The fraction of sp³-hybridized carbons (Fsp3) is 1.00. The molecule has 2 heteroatoms. The molecule has 80 valence electrons. The largest absolute Gasteiger partial charge is 0.381 e. The van der Waals surface area contributed by atoms with Crippen LogP contribution in [-0.2, 0) is 4.74 Å². The smallest absolute Gasteiger partial charge is 0.0468 e. The summed E-state index contributed by atoms with van der Waals surface area (Å²) in [6.45, 7) is 4.64. The van der Waals surface area contributed by atoms with E-state index in [0.717, 1.165) is 36.9 Å². The predicted octanol–water partition coefficient (Wildman–Crippen LogP) is 1.66. The lowest BCUT2D eigenvalue weighted by Gasteiger charge is -2.28. The highest BCUT2D eigenvalue weighted by Crippen LogP contribution is 2.44. The van der Waals surface area contributed by atoms with Crippen LogP contribution in [0.15, 0.2) is 0 Å². The van der Waals surface area contributed by atoms with Crippen molar-refractivity contribution in [2.24, 2.45) is 23.7 Å². The van der Waals surface area contributed by atoms with Gasteiger partial charge in [-0.05, 0) is 62.4 Å². The lowest BCUT2D eigenvalue weighted by Crippen LogP contribution is -2.23. The molecule has 0 amide bonds. The third-order valence-electron chi connectivity index (χ3n) is 4.62. The van der Waals surface area contributed by atoms with Gasteiger partial charge in [0.25, 0.3) is 0 Å². The molecule has 0 aromatic heterocycles. The third-order valence-corrected chi connectivity index (χ3v) is 4.62. The summed E-state index contributed by atoms with van der Waals surface area (Å²) in [7, 11) is 0. The van der Waals surface area contributed by atoms with Gasteiger partial charge < -0.3 is 10.1 Å². The topological polar surface area (TPSA) is 21.3 Å². The van der Waals surface area contributed by atoms with Gasteiger partial charge in [-0.2, -0.15) is 0 Å². The molecule has 0 radical (unpaired) electrons. The van der Waals surface area contributed by atoms with E-state index in [1.807, 2.05) is 0 Å². The molecular formula is C12H21NO. The highest BCUT2D eigenvalue weighted by atomic mass is 16.5. The zero-order valence-corrected chi connectivity index (χ0v) is 8.87. The minimum Gasteiger partial charge on any atom is -0.381 e. The monoisotopic (exact) mass is 195 g/mol. The molecule has 1 N–H and O–H groups in total. The van der Waals surface area contributed by atoms with Gasteiger partial charge in [-0.25, -0.2) is 0 Å². The van der Waals surface area contributed by atoms with Crippen LogP contribution in [0.2, 0.25) is 0 Å². The van der Waals surface area contributed by atoms with Crippen molar-refractivity contribution in [3.8, 4) is 0 Å². The van der Waals surface area contributed by atoms with E-state index in [4.69, 9.17) is 4.74 Å². The Morgan fingerprint density at radius 3 is 2.07 bits per heavy atom. The van der Waals surface area contributed by atoms with Crippen LogP contribution >= 0.6 is 0 Å². The summed E-state index contributed by atoms with van der Waals surface area (Å²) in [6, 6.07) is 0. The first-order valence-electron chi connectivity index (χ1n) is 6.22. The average Bonchev–Trinajstić information content (AvgIpc) is 2.78. The first-order chi connectivity index (χ1) is 6.93. The van der Waals surface area contributed by atoms with E-state index >= 15 is 0 Å². The van der Waals surface area contributed by atoms with Gasteiger partial charge in [0, 0.05) is 13.2 Å². The molecule has 0 aromatic carbocycles. The first kappa shape index (κ1) is 9.17. The summed E-state index contributed by atoms with van der Waals surface area (Å²) in [5.41, 5.74) is 0. The van der Waals surface area contributed by atoms with Gasteiger partial charge in [0.2, 0.25) is 0 Å². The summed E-state index contributed by atoms with van der Waals surface area (Å²) in [5, 5.41) is 3.52. The minimum absolute atomic E-state index is 0.995. The zero-order valence-electron chi connectivity index (χ0n) is 8.87. The van der Waals surface area contributed by atoms with Crippen molar-refractivity contribution >= 4 is 0 Å². The quantitative estimate of drug-likeness (QED) is 0.687. The van der Waals surface area contributed by atoms with Crippen molar-refractivity contribution in [2.45, 2.75) is 25.7 Å². The van der Waals surface area contributed by atoms with Gasteiger partial charge in [-0.15, -0.1) is 0 Å². The Hall–Kier alpha value is -0.0800. The second-order valence-electron chi connectivity index (χ2n) is 5.36. The molecule has 1 saturated carbocycles. The van der Waals surface area contributed by atoms with Crippen molar-refractivity contribution in [1.29, 1.82) is 0 Å². The molecule has 0 spiro atoms. The zero-order chi connectivity index (χ0) is 9.38. The van der Waals surface area contributed by atoms with Crippen LogP contribution in [-0.4, -0.2) is 26.3 Å². The van der Waals surface area contributed by atoms with Crippen molar-refractivity contribution in [2.75, 3.05) is 26.3 Å². The van der Waals surface area contributed by atoms with Crippen LogP contribution in [0, 0.1) is 23.7 Å². The summed E-state index contributed by atoms with van der Waals surface area (Å²) >= 11 is 0. The van der Waals surface area contributed by atoms with Crippen LogP contribution in [0.4, 0.5) is 0 Å². The second kappa shape index (κ2) is 3.82. The molecule has 0 aromatic rings. The Morgan fingerprint density at radius 2 is 1.43 bits per heavy atom. The molecule has 3 aliphatic rings. The molecule has 2 heterocycles. The standard InChI is InChI=1S/C12H21NO/c1-3-14-4-2-9(1)10-5-11-7-13-8-12(11)6-10/h9-13H,1-8H2. The van der Waals surface area contributed by atoms with Gasteiger partial charge in [0.1, 0.15) is 0 Å². The normalized spacial score (nSPS) is 44.1. The van der Waals surface area contributed by atoms with E-state index in [9.17, 15) is 0 Å². The number of rotatable bonds is 1. The third kappa shape index (κ3) is 1.59. The Kier molecular flexibility index (Phi) is 2.50. The van der Waals surface area contributed by atoms with E-state index < -0.39 is 0 Å². The van der Waals surface area contributed by atoms with Crippen molar-refractivity contribution < 1.29 is 4.74 Å². The van der Waals surface area contributed by atoms with Crippen LogP contribution in [0.1, 0.15) is 25.7 Å². The molecule has 1 aliphatic carbocycles. The number of fused-ring (bicyclic) bond motifs is 1. The second-order valence-corrected chi connectivity index (χ2v) is 5.36. The van der Waals surface area contributed by atoms with E-state index in [0.29, 0.717) is 0 Å². The lowest BCUT2D eigenvalue weighted by atomic mass is 9.84. The number of hydrogen-bond donors (Lipinski definition) is 1. The Labute approximate surface area is 86.4 Å². The summed E-state index contributed by atoms with van der Waals surface area (Å²) in [5.74, 6) is 4.07. The predicted molar refractivity (Wildman–Crippen MR) is 56.1 cm³/mol. The van der Waals surface area contributed by atoms with Gasteiger partial charge in [0.05, 0.1) is 0 Å². The van der Waals surface area contributed by atoms with E-state index in [1.165, 1.54) is 38.8 Å². The first-order valence-corrected chi connectivity index (χ1v) is 6.22. The van der Waals surface area contributed by atoms with Crippen molar-refractivity contribution in [3.05, 3.63) is 0 Å². The fourth-order valence-electron chi connectivity index (χ4n) is 3.79. The van der Waals surface area contributed by atoms with E-state index in [2.05, 4.69) is 5.32 Å². The molecular weight excluding hydrogens is 174 g/mol.